The predicted octanol–water partition coefficient (Wildman–Crippen LogP) is 2.62. The van der Waals surface area contributed by atoms with Crippen molar-refractivity contribution in [3.05, 3.63) is 68.7 Å². The van der Waals surface area contributed by atoms with E-state index in [4.69, 9.17) is 24.4 Å². The van der Waals surface area contributed by atoms with Gasteiger partial charge in [0.25, 0.3) is 5.56 Å². The number of oxazole rings is 1. The van der Waals surface area contributed by atoms with Crippen molar-refractivity contribution in [3.63, 3.8) is 0 Å². The third-order valence-electron chi connectivity index (χ3n) is 6.59. The largest absolute Gasteiger partial charge is 0.496 e. The van der Waals surface area contributed by atoms with Crippen LogP contribution >= 0.6 is 11.3 Å². The van der Waals surface area contributed by atoms with E-state index >= 15 is 0 Å². The molecule has 1 aliphatic heterocycles. The molecule has 1 atom stereocenters. The Balaban J connectivity index is 1.70. The van der Waals surface area contributed by atoms with Crippen LogP contribution in [0.15, 0.2) is 50.7 Å². The number of carbonyl (C=O) groups excluding carboxylic acids is 1. The van der Waals surface area contributed by atoms with Crippen molar-refractivity contribution in [2.24, 2.45) is 5.73 Å². The Bertz CT molecular complexity index is 1560. The monoisotopic (exact) mass is 540 g/mol. The van der Waals surface area contributed by atoms with E-state index in [0.29, 0.717) is 58.4 Å². The number of primary amides is 1. The SMILES string of the molecule is COc1ccccc1[C@H](Cn1c(=O)n(CC(N)=O)c(=O)c2c(C)c(-c3ncco3)sc21)OC1CCOCC1. The average Bonchev–Trinajstić information content (AvgIpc) is 3.57. The molecule has 200 valence electrons. The number of hydrogen-bond donors (Lipinski definition) is 1. The molecule has 0 saturated carbocycles. The van der Waals surface area contributed by atoms with Crippen LogP contribution in [0.2, 0.25) is 0 Å². The van der Waals surface area contributed by atoms with Gasteiger partial charge in [0.2, 0.25) is 11.8 Å². The molecule has 0 aliphatic carbocycles. The smallest absolute Gasteiger partial charge is 0.332 e. The molecule has 12 heteroatoms. The van der Waals surface area contributed by atoms with Crippen LogP contribution in [0.5, 0.6) is 5.75 Å². The van der Waals surface area contributed by atoms with Gasteiger partial charge in [-0.1, -0.05) is 18.2 Å². The minimum absolute atomic E-state index is 0.0665. The predicted molar refractivity (Wildman–Crippen MR) is 140 cm³/mol. The van der Waals surface area contributed by atoms with E-state index in [0.717, 1.165) is 10.1 Å². The molecule has 5 rings (SSSR count). The van der Waals surface area contributed by atoms with E-state index in [1.807, 2.05) is 24.3 Å². The van der Waals surface area contributed by atoms with Crippen LogP contribution in [0.3, 0.4) is 0 Å². The first-order valence-corrected chi connectivity index (χ1v) is 13.0. The lowest BCUT2D eigenvalue weighted by atomic mass is 10.1. The van der Waals surface area contributed by atoms with E-state index in [1.165, 1.54) is 28.4 Å². The van der Waals surface area contributed by atoms with Gasteiger partial charge in [0, 0.05) is 18.8 Å². The first-order valence-electron chi connectivity index (χ1n) is 12.2. The van der Waals surface area contributed by atoms with Crippen molar-refractivity contribution in [2.75, 3.05) is 20.3 Å². The molecule has 1 aliphatic rings. The van der Waals surface area contributed by atoms with Gasteiger partial charge >= 0.3 is 5.69 Å². The number of benzene rings is 1. The second-order valence-electron chi connectivity index (χ2n) is 9.00. The minimum Gasteiger partial charge on any atom is -0.496 e. The number of rotatable bonds is 9. The van der Waals surface area contributed by atoms with Gasteiger partial charge in [-0.3, -0.25) is 18.7 Å². The molecule has 2 N–H and O–H groups in total. The van der Waals surface area contributed by atoms with Crippen LogP contribution in [0.1, 0.15) is 30.1 Å². The fourth-order valence-electron chi connectivity index (χ4n) is 4.75. The van der Waals surface area contributed by atoms with Gasteiger partial charge in [-0.15, -0.1) is 11.3 Å². The standard InChI is InChI=1S/C26H28N4O7S/c1-15-21-24(32)29(14-20(27)31)26(33)30(25(21)38-22(15)23-28-9-12-36-23)13-19(37-16-7-10-35-11-8-16)17-5-3-4-6-18(17)34-2/h3-6,9,12,16,19H,7-8,10-11,13-14H2,1-2H3,(H2,27,31)/t19-/m0/s1. The molecular weight excluding hydrogens is 512 g/mol. The summed E-state index contributed by atoms with van der Waals surface area (Å²) in [6.07, 6.45) is 3.69. The highest BCUT2D eigenvalue weighted by atomic mass is 32.1. The number of carbonyl (C=O) groups is 1. The summed E-state index contributed by atoms with van der Waals surface area (Å²) in [7, 11) is 1.58. The molecule has 0 spiro atoms. The topological polar surface area (TPSA) is 141 Å². The summed E-state index contributed by atoms with van der Waals surface area (Å²) in [4.78, 5) is 44.3. The number of aryl methyl sites for hydroxylation is 1. The van der Waals surface area contributed by atoms with Gasteiger partial charge in [0.1, 0.15) is 29.5 Å². The van der Waals surface area contributed by atoms with E-state index < -0.39 is 29.8 Å². The van der Waals surface area contributed by atoms with E-state index in [1.54, 1.807) is 14.0 Å². The Morgan fingerprint density at radius 1 is 1.24 bits per heavy atom. The Labute approximate surface area is 221 Å². The second kappa shape index (κ2) is 10.9. The molecule has 0 bridgehead atoms. The Kier molecular flexibility index (Phi) is 7.45. The first kappa shape index (κ1) is 25.9. The van der Waals surface area contributed by atoms with Crippen LogP contribution in [0.4, 0.5) is 0 Å². The summed E-state index contributed by atoms with van der Waals surface area (Å²) < 4.78 is 25.5. The summed E-state index contributed by atoms with van der Waals surface area (Å²) in [5.74, 6) is 0.154. The van der Waals surface area contributed by atoms with Crippen molar-refractivity contribution in [1.82, 2.24) is 14.1 Å². The lowest BCUT2D eigenvalue weighted by molar-refractivity contribution is -0.118. The molecule has 0 unspecified atom stereocenters. The van der Waals surface area contributed by atoms with Crippen molar-refractivity contribution in [2.45, 2.75) is 45.1 Å². The van der Waals surface area contributed by atoms with Crippen LogP contribution in [0, 0.1) is 6.92 Å². The first-order chi connectivity index (χ1) is 18.4. The summed E-state index contributed by atoms with van der Waals surface area (Å²) in [5, 5.41) is 0.300. The molecule has 1 fully saturated rings. The van der Waals surface area contributed by atoms with Gasteiger partial charge in [-0.05, 0) is 31.4 Å². The number of hydrogen-bond acceptors (Lipinski definition) is 9. The number of para-hydroxylation sites is 1. The van der Waals surface area contributed by atoms with Crippen molar-refractivity contribution in [1.29, 1.82) is 0 Å². The number of amides is 1. The Hall–Kier alpha value is -3.74. The molecule has 4 heterocycles. The van der Waals surface area contributed by atoms with E-state index in [9.17, 15) is 14.4 Å². The summed E-state index contributed by atoms with van der Waals surface area (Å²) >= 11 is 1.23. The number of methoxy groups -OCH3 is 1. The number of fused-ring (bicyclic) bond motifs is 1. The number of nitrogens with zero attached hydrogens (tertiary/aromatic N) is 3. The number of aromatic nitrogens is 3. The molecule has 38 heavy (non-hydrogen) atoms. The number of nitrogens with two attached hydrogens (primary N) is 1. The van der Waals surface area contributed by atoms with Crippen molar-refractivity contribution >= 4 is 27.5 Å². The summed E-state index contributed by atoms with van der Waals surface area (Å²) in [6, 6.07) is 7.46. The summed E-state index contributed by atoms with van der Waals surface area (Å²) in [6.45, 7) is 2.45. The maximum atomic E-state index is 13.7. The molecular formula is C26H28N4O7S. The Morgan fingerprint density at radius 2 is 2.00 bits per heavy atom. The van der Waals surface area contributed by atoms with E-state index in [2.05, 4.69) is 4.98 Å². The fraction of sp³-hybridized carbons (Fsp3) is 0.385. The van der Waals surface area contributed by atoms with Gasteiger partial charge in [0.15, 0.2) is 0 Å². The van der Waals surface area contributed by atoms with Crippen LogP contribution < -0.4 is 21.7 Å². The van der Waals surface area contributed by atoms with Crippen LogP contribution in [0.25, 0.3) is 21.0 Å². The molecule has 11 nitrogen and oxygen atoms in total. The lowest BCUT2D eigenvalue weighted by Crippen LogP contribution is -2.43. The van der Waals surface area contributed by atoms with E-state index in [-0.39, 0.29) is 12.6 Å². The highest BCUT2D eigenvalue weighted by Gasteiger charge is 2.28. The molecule has 1 amide bonds. The molecule has 3 aromatic heterocycles. The quantitative estimate of drug-likeness (QED) is 0.342. The normalized spacial score (nSPS) is 15.1. The zero-order valence-corrected chi connectivity index (χ0v) is 21.9. The van der Waals surface area contributed by atoms with Gasteiger partial charge in [0.05, 0.1) is 36.2 Å². The minimum atomic E-state index is -0.796. The molecule has 0 radical (unpaired) electrons. The fourth-order valence-corrected chi connectivity index (χ4v) is 5.99. The average molecular weight is 541 g/mol. The maximum Gasteiger partial charge on any atom is 0.332 e. The lowest BCUT2D eigenvalue weighted by Gasteiger charge is -2.29. The zero-order valence-electron chi connectivity index (χ0n) is 21.0. The Morgan fingerprint density at radius 3 is 2.68 bits per heavy atom. The van der Waals surface area contributed by atoms with Crippen LogP contribution in [-0.2, 0) is 27.4 Å². The highest BCUT2D eigenvalue weighted by Crippen LogP contribution is 2.37. The summed E-state index contributed by atoms with van der Waals surface area (Å²) in [5.41, 5.74) is 5.52. The maximum absolute atomic E-state index is 13.7. The second-order valence-corrected chi connectivity index (χ2v) is 10.0. The molecule has 1 saturated heterocycles. The zero-order chi connectivity index (χ0) is 26.8. The molecule has 1 aromatic carbocycles. The van der Waals surface area contributed by atoms with Crippen molar-refractivity contribution < 1.29 is 23.4 Å². The molecule has 4 aromatic rings. The van der Waals surface area contributed by atoms with Gasteiger partial charge in [-0.25, -0.2) is 9.78 Å². The third-order valence-corrected chi connectivity index (χ3v) is 7.90. The van der Waals surface area contributed by atoms with Gasteiger partial charge < -0.3 is 24.4 Å². The van der Waals surface area contributed by atoms with Crippen molar-refractivity contribution in [3.8, 4) is 16.5 Å². The highest BCUT2D eigenvalue weighted by molar-refractivity contribution is 7.22. The third kappa shape index (κ3) is 4.89. The number of thiophene rings is 1. The number of ether oxygens (including phenoxy) is 3. The van der Waals surface area contributed by atoms with Gasteiger partial charge in [-0.2, -0.15) is 0 Å². The van der Waals surface area contributed by atoms with Crippen LogP contribution in [-0.4, -0.2) is 46.5 Å².